The molecule has 3 rings (SSSR count). The van der Waals surface area contributed by atoms with Crippen LogP contribution in [0.15, 0.2) is 0 Å². The van der Waals surface area contributed by atoms with E-state index < -0.39 is 0 Å². The summed E-state index contributed by atoms with van der Waals surface area (Å²) < 4.78 is 0. The highest BCUT2D eigenvalue weighted by molar-refractivity contribution is 4.90. The molecule has 0 radical (unpaired) electrons. The van der Waals surface area contributed by atoms with Gasteiger partial charge in [-0.05, 0) is 25.4 Å². The van der Waals surface area contributed by atoms with E-state index in [4.69, 9.17) is 0 Å². The Labute approximate surface area is 130 Å². The van der Waals surface area contributed by atoms with Crippen LogP contribution in [-0.4, -0.2) is 99.3 Å². The van der Waals surface area contributed by atoms with Gasteiger partial charge in [0.15, 0.2) is 0 Å². The number of nitrogens with one attached hydrogen (secondary N) is 2. The van der Waals surface area contributed by atoms with Gasteiger partial charge < -0.3 is 20.4 Å². The van der Waals surface area contributed by atoms with E-state index in [9.17, 15) is 0 Å². The smallest absolute Gasteiger partial charge is 0.0262 e. The molecular formula is C16H33N5. The van der Waals surface area contributed by atoms with Crippen LogP contribution in [0.1, 0.15) is 13.3 Å². The highest BCUT2D eigenvalue weighted by atomic mass is 15.3. The molecule has 21 heavy (non-hydrogen) atoms. The normalized spacial score (nSPS) is 34.1. The molecule has 3 fully saturated rings. The third-order valence-corrected chi connectivity index (χ3v) is 5.61. The molecule has 122 valence electrons. The largest absolute Gasteiger partial charge is 0.315 e. The minimum atomic E-state index is 0.755. The summed E-state index contributed by atoms with van der Waals surface area (Å²) in [5, 5.41) is 7.11. The van der Waals surface area contributed by atoms with Crippen LogP contribution < -0.4 is 10.6 Å². The first-order chi connectivity index (χ1) is 10.4. The number of piperidine rings is 1. The van der Waals surface area contributed by atoms with Gasteiger partial charge in [-0.3, -0.25) is 4.90 Å². The average molecular weight is 295 g/mol. The molecular weight excluding hydrogens is 262 g/mol. The summed E-state index contributed by atoms with van der Waals surface area (Å²) in [6, 6.07) is 0.755. The number of hydrogen-bond donors (Lipinski definition) is 2. The Kier molecular flexibility index (Phi) is 5.89. The van der Waals surface area contributed by atoms with Crippen molar-refractivity contribution in [2.24, 2.45) is 5.92 Å². The Morgan fingerprint density at radius 1 is 0.857 bits per heavy atom. The maximum absolute atomic E-state index is 3.63. The molecule has 2 unspecified atom stereocenters. The van der Waals surface area contributed by atoms with Crippen LogP contribution >= 0.6 is 0 Å². The molecule has 0 saturated carbocycles. The average Bonchev–Trinajstić information content (AvgIpc) is 2.57. The SMILES string of the molecule is CCN1CCN(CC2CCNCC2N2CCNCC2)CC1. The molecule has 0 aromatic heterocycles. The maximum Gasteiger partial charge on any atom is 0.0262 e. The van der Waals surface area contributed by atoms with Gasteiger partial charge >= 0.3 is 0 Å². The highest BCUT2D eigenvalue weighted by Gasteiger charge is 2.32. The molecule has 2 atom stereocenters. The summed E-state index contributed by atoms with van der Waals surface area (Å²) in [5.74, 6) is 0.859. The third-order valence-electron chi connectivity index (χ3n) is 5.61. The van der Waals surface area contributed by atoms with Crippen molar-refractivity contribution in [2.45, 2.75) is 19.4 Å². The van der Waals surface area contributed by atoms with E-state index in [-0.39, 0.29) is 0 Å². The van der Waals surface area contributed by atoms with E-state index in [1.807, 2.05) is 0 Å². The maximum atomic E-state index is 3.63. The molecule has 0 spiro atoms. The number of rotatable bonds is 4. The number of piperazine rings is 2. The molecule has 0 amide bonds. The van der Waals surface area contributed by atoms with Gasteiger partial charge in [0.2, 0.25) is 0 Å². The molecule has 3 saturated heterocycles. The van der Waals surface area contributed by atoms with E-state index >= 15 is 0 Å². The fourth-order valence-electron chi connectivity index (χ4n) is 4.17. The summed E-state index contributed by atoms with van der Waals surface area (Å²) in [6.45, 7) is 17.1. The quantitative estimate of drug-likeness (QED) is 0.731. The van der Waals surface area contributed by atoms with Gasteiger partial charge in [0.25, 0.3) is 0 Å². The van der Waals surface area contributed by atoms with Gasteiger partial charge in [0.05, 0.1) is 0 Å². The molecule has 2 N–H and O–H groups in total. The molecule has 3 aliphatic heterocycles. The Morgan fingerprint density at radius 2 is 1.57 bits per heavy atom. The van der Waals surface area contributed by atoms with Crippen LogP contribution in [0.5, 0.6) is 0 Å². The molecule has 0 aromatic carbocycles. The summed E-state index contributed by atoms with van der Waals surface area (Å²) in [7, 11) is 0. The summed E-state index contributed by atoms with van der Waals surface area (Å²) >= 11 is 0. The second-order valence-electron chi connectivity index (χ2n) is 6.84. The van der Waals surface area contributed by atoms with E-state index in [1.54, 1.807) is 0 Å². The lowest BCUT2D eigenvalue weighted by atomic mass is 9.90. The molecule has 0 aliphatic carbocycles. The lowest BCUT2D eigenvalue weighted by Gasteiger charge is -2.44. The van der Waals surface area contributed by atoms with Crippen LogP contribution in [0.25, 0.3) is 0 Å². The van der Waals surface area contributed by atoms with Crippen LogP contribution in [0.3, 0.4) is 0 Å². The zero-order valence-corrected chi connectivity index (χ0v) is 13.7. The first kappa shape index (κ1) is 15.7. The summed E-state index contributed by atoms with van der Waals surface area (Å²) in [4.78, 5) is 8.03. The predicted octanol–water partition coefficient (Wildman–Crippen LogP) is -0.493. The second kappa shape index (κ2) is 7.88. The zero-order chi connectivity index (χ0) is 14.5. The number of likely N-dealkylation sites (N-methyl/N-ethyl adjacent to an activating group) is 1. The lowest BCUT2D eigenvalue weighted by Crippen LogP contribution is -2.59. The van der Waals surface area contributed by atoms with Crippen molar-refractivity contribution in [1.82, 2.24) is 25.3 Å². The molecule has 3 heterocycles. The molecule has 0 aromatic rings. The Morgan fingerprint density at radius 3 is 2.29 bits per heavy atom. The van der Waals surface area contributed by atoms with E-state index in [0.717, 1.165) is 12.0 Å². The Bertz CT molecular complexity index is 297. The van der Waals surface area contributed by atoms with E-state index in [1.165, 1.54) is 85.0 Å². The van der Waals surface area contributed by atoms with E-state index in [0.29, 0.717) is 0 Å². The molecule has 5 nitrogen and oxygen atoms in total. The van der Waals surface area contributed by atoms with Gasteiger partial charge in [-0.2, -0.15) is 0 Å². The van der Waals surface area contributed by atoms with Crippen molar-refractivity contribution in [2.75, 3.05) is 78.5 Å². The van der Waals surface area contributed by atoms with Crippen LogP contribution in [0.2, 0.25) is 0 Å². The second-order valence-corrected chi connectivity index (χ2v) is 6.84. The Balaban J connectivity index is 1.52. The standard InChI is InChI=1S/C16H33N5/c1-2-19-9-11-20(12-10-19)14-15-3-4-18-13-16(15)21-7-5-17-6-8-21/h15-18H,2-14H2,1H3. The minimum absolute atomic E-state index is 0.755. The first-order valence-corrected chi connectivity index (χ1v) is 8.97. The van der Waals surface area contributed by atoms with Crippen molar-refractivity contribution < 1.29 is 0 Å². The van der Waals surface area contributed by atoms with Gasteiger partial charge in [0.1, 0.15) is 0 Å². The van der Waals surface area contributed by atoms with Crippen LogP contribution in [-0.2, 0) is 0 Å². The van der Waals surface area contributed by atoms with Crippen LogP contribution in [0.4, 0.5) is 0 Å². The summed E-state index contributed by atoms with van der Waals surface area (Å²) in [5.41, 5.74) is 0. The topological polar surface area (TPSA) is 33.8 Å². The van der Waals surface area contributed by atoms with Crippen molar-refractivity contribution in [3.8, 4) is 0 Å². The van der Waals surface area contributed by atoms with Gasteiger partial charge in [-0.15, -0.1) is 0 Å². The summed E-state index contributed by atoms with van der Waals surface area (Å²) in [6.07, 6.45) is 1.35. The van der Waals surface area contributed by atoms with Crippen LogP contribution in [0, 0.1) is 5.92 Å². The van der Waals surface area contributed by atoms with Crippen molar-refractivity contribution in [3.63, 3.8) is 0 Å². The zero-order valence-electron chi connectivity index (χ0n) is 13.7. The first-order valence-electron chi connectivity index (χ1n) is 8.97. The Hall–Kier alpha value is -0.200. The molecule has 3 aliphatic rings. The highest BCUT2D eigenvalue weighted by Crippen LogP contribution is 2.21. The number of hydrogen-bond acceptors (Lipinski definition) is 5. The fourth-order valence-corrected chi connectivity index (χ4v) is 4.17. The van der Waals surface area contributed by atoms with E-state index in [2.05, 4.69) is 32.3 Å². The molecule has 0 bridgehead atoms. The molecule has 5 heteroatoms. The number of nitrogens with zero attached hydrogens (tertiary/aromatic N) is 3. The monoisotopic (exact) mass is 295 g/mol. The predicted molar refractivity (Wildman–Crippen MR) is 87.8 cm³/mol. The van der Waals surface area contributed by atoms with Gasteiger partial charge in [-0.25, -0.2) is 0 Å². The van der Waals surface area contributed by atoms with Gasteiger partial charge in [0, 0.05) is 71.5 Å². The fraction of sp³-hybridized carbons (Fsp3) is 1.00. The van der Waals surface area contributed by atoms with Gasteiger partial charge in [-0.1, -0.05) is 6.92 Å². The van der Waals surface area contributed by atoms with Crippen molar-refractivity contribution in [3.05, 3.63) is 0 Å². The van der Waals surface area contributed by atoms with Crippen molar-refractivity contribution in [1.29, 1.82) is 0 Å². The van der Waals surface area contributed by atoms with Crippen molar-refractivity contribution >= 4 is 0 Å². The third kappa shape index (κ3) is 4.17. The minimum Gasteiger partial charge on any atom is -0.315 e. The lowest BCUT2D eigenvalue weighted by molar-refractivity contribution is 0.0583.